The third-order valence-electron chi connectivity index (χ3n) is 6.51. The van der Waals surface area contributed by atoms with Crippen LogP contribution in [0.25, 0.3) is 10.9 Å². The average Bonchev–Trinajstić information content (AvgIpc) is 3.04. The number of piperidine rings is 1. The predicted octanol–water partition coefficient (Wildman–Crippen LogP) is 3.39. The summed E-state index contributed by atoms with van der Waals surface area (Å²) in [4.78, 5) is 26.6. The van der Waals surface area contributed by atoms with Gasteiger partial charge in [-0.05, 0) is 32.3 Å². The maximum Gasteiger partial charge on any atom is 0.224 e. The number of aromatic nitrogens is 1. The van der Waals surface area contributed by atoms with Gasteiger partial charge >= 0.3 is 0 Å². The number of carbonyl (C=O) groups is 2. The Morgan fingerprint density at radius 2 is 2.04 bits per heavy atom. The molecule has 4 rings (SSSR count). The molecule has 1 N–H and O–H groups in total. The lowest BCUT2D eigenvalue weighted by atomic mass is 9.71. The molecule has 1 aliphatic carbocycles. The predicted molar refractivity (Wildman–Crippen MR) is 105 cm³/mol. The van der Waals surface area contributed by atoms with Crippen molar-refractivity contribution in [3.05, 3.63) is 36.0 Å². The Labute approximate surface area is 160 Å². The van der Waals surface area contributed by atoms with E-state index in [1.807, 2.05) is 39.9 Å². The van der Waals surface area contributed by atoms with Gasteiger partial charge in [0.1, 0.15) is 0 Å². The number of rotatable bonds is 4. The third kappa shape index (κ3) is 3.41. The van der Waals surface area contributed by atoms with E-state index in [1.54, 1.807) is 6.92 Å². The van der Waals surface area contributed by atoms with Crippen molar-refractivity contribution in [1.82, 2.24) is 9.47 Å². The number of fused-ring (bicyclic) bond motifs is 2. The number of Topliss-reactive ketones (excluding diaryl/α,β-unsaturated/α-hetero) is 1. The molecule has 2 fully saturated rings. The van der Waals surface area contributed by atoms with Gasteiger partial charge in [0.2, 0.25) is 5.91 Å². The van der Waals surface area contributed by atoms with E-state index in [-0.39, 0.29) is 17.6 Å². The van der Waals surface area contributed by atoms with E-state index < -0.39 is 5.60 Å². The number of aliphatic hydroxyl groups is 1. The number of amides is 1. The van der Waals surface area contributed by atoms with Crippen molar-refractivity contribution in [2.75, 3.05) is 13.1 Å². The van der Waals surface area contributed by atoms with E-state index in [0.29, 0.717) is 38.0 Å². The van der Waals surface area contributed by atoms with Crippen LogP contribution in [0.2, 0.25) is 0 Å². The summed E-state index contributed by atoms with van der Waals surface area (Å²) in [6.45, 7) is 3.48. The Morgan fingerprint density at radius 1 is 1.22 bits per heavy atom. The number of para-hydroxylation sites is 1. The van der Waals surface area contributed by atoms with E-state index in [9.17, 15) is 14.7 Å². The van der Waals surface area contributed by atoms with Crippen LogP contribution in [0.3, 0.4) is 0 Å². The number of ketones is 1. The molecular weight excluding hydrogens is 340 g/mol. The van der Waals surface area contributed by atoms with Crippen molar-refractivity contribution in [2.24, 2.45) is 5.92 Å². The molecule has 2 aliphatic rings. The highest BCUT2D eigenvalue weighted by atomic mass is 16.3. The average molecular weight is 368 g/mol. The molecule has 27 heavy (non-hydrogen) atoms. The first-order valence-electron chi connectivity index (χ1n) is 10.1. The molecule has 2 atom stereocenters. The Bertz CT molecular complexity index is 872. The van der Waals surface area contributed by atoms with Gasteiger partial charge in [-0.2, -0.15) is 0 Å². The van der Waals surface area contributed by atoms with Crippen molar-refractivity contribution in [2.45, 2.75) is 57.6 Å². The highest BCUT2D eigenvalue weighted by Gasteiger charge is 2.43. The number of aryl methyl sites for hydroxylation is 1. The summed E-state index contributed by atoms with van der Waals surface area (Å²) in [5, 5.41) is 11.7. The second kappa shape index (κ2) is 7.12. The van der Waals surface area contributed by atoms with Crippen molar-refractivity contribution < 1.29 is 14.7 Å². The van der Waals surface area contributed by atoms with Crippen molar-refractivity contribution in [1.29, 1.82) is 0 Å². The number of carbonyl (C=O) groups excluding carboxylic acids is 2. The van der Waals surface area contributed by atoms with Crippen LogP contribution in [-0.4, -0.2) is 45.0 Å². The van der Waals surface area contributed by atoms with Gasteiger partial charge in [0.05, 0.1) is 5.60 Å². The summed E-state index contributed by atoms with van der Waals surface area (Å²) in [5.41, 5.74) is 1.15. The molecule has 2 aromatic rings. The zero-order valence-electron chi connectivity index (χ0n) is 16.0. The first-order valence-corrected chi connectivity index (χ1v) is 10.1. The van der Waals surface area contributed by atoms with Crippen molar-refractivity contribution in [3.63, 3.8) is 0 Å². The summed E-state index contributed by atoms with van der Waals surface area (Å²) in [6, 6.07) is 7.84. The number of nitrogens with zero attached hydrogens (tertiary/aromatic N) is 2. The molecule has 1 aromatic heterocycles. The first-order chi connectivity index (χ1) is 13.0. The summed E-state index contributed by atoms with van der Waals surface area (Å²) in [5.74, 6) is 0.411. The summed E-state index contributed by atoms with van der Waals surface area (Å²) >= 11 is 0. The smallest absolute Gasteiger partial charge is 0.224 e. The number of benzene rings is 1. The maximum absolute atomic E-state index is 12.8. The molecule has 0 unspecified atom stereocenters. The molecule has 1 amide bonds. The molecule has 5 heteroatoms. The Morgan fingerprint density at radius 3 is 2.85 bits per heavy atom. The van der Waals surface area contributed by atoms with Crippen molar-refractivity contribution in [3.8, 4) is 0 Å². The molecule has 1 saturated carbocycles. The van der Waals surface area contributed by atoms with Gasteiger partial charge < -0.3 is 14.6 Å². The molecule has 1 saturated heterocycles. The van der Waals surface area contributed by atoms with Crippen LogP contribution in [0.5, 0.6) is 0 Å². The lowest BCUT2D eigenvalue weighted by Gasteiger charge is -2.47. The fraction of sp³-hybridized carbons (Fsp3) is 0.545. The largest absolute Gasteiger partial charge is 0.389 e. The number of likely N-dealkylation sites (tertiary alicyclic amines) is 1. The van der Waals surface area contributed by atoms with Crippen molar-refractivity contribution >= 4 is 22.6 Å². The molecular formula is C22H28N2O3. The van der Waals surface area contributed by atoms with Gasteiger partial charge in [-0.25, -0.2) is 0 Å². The SMILES string of the molecule is CC(=O)c1cn(CCC(=O)N2CC[C@@]3(O)CCCC[C@@H]3C2)c2ccccc12. The molecule has 144 valence electrons. The van der Waals surface area contributed by atoms with Crippen LogP contribution in [0.1, 0.15) is 55.8 Å². The van der Waals surface area contributed by atoms with E-state index in [2.05, 4.69) is 0 Å². The molecule has 0 bridgehead atoms. The first kappa shape index (κ1) is 18.2. The minimum atomic E-state index is -0.554. The molecule has 5 nitrogen and oxygen atoms in total. The minimum absolute atomic E-state index is 0.0453. The van der Waals surface area contributed by atoms with Crippen LogP contribution in [0, 0.1) is 5.92 Å². The topological polar surface area (TPSA) is 62.5 Å². The van der Waals surface area contributed by atoms with Crippen LogP contribution in [0.4, 0.5) is 0 Å². The Kier molecular flexibility index (Phi) is 4.81. The van der Waals surface area contributed by atoms with Gasteiger partial charge in [0, 0.05) is 54.6 Å². The van der Waals surface area contributed by atoms with Crippen LogP contribution >= 0.6 is 0 Å². The molecule has 1 aromatic carbocycles. The zero-order valence-corrected chi connectivity index (χ0v) is 16.0. The number of hydrogen-bond donors (Lipinski definition) is 1. The highest BCUT2D eigenvalue weighted by Crippen LogP contribution is 2.39. The van der Waals surface area contributed by atoms with Crippen LogP contribution in [0.15, 0.2) is 30.5 Å². The van der Waals surface area contributed by atoms with Gasteiger partial charge in [-0.15, -0.1) is 0 Å². The van der Waals surface area contributed by atoms with E-state index in [0.717, 1.165) is 36.6 Å². The number of hydrogen-bond acceptors (Lipinski definition) is 3. The maximum atomic E-state index is 12.8. The lowest BCUT2D eigenvalue weighted by molar-refractivity contribution is -0.143. The van der Waals surface area contributed by atoms with Crippen LogP contribution < -0.4 is 0 Å². The standard InChI is InChI=1S/C22H28N2O3/c1-16(25)19-15-23(20-8-3-2-7-18(19)20)12-9-21(26)24-13-11-22(27)10-5-4-6-17(22)14-24/h2-3,7-8,15,17,27H,4-6,9-14H2,1H3/t17-,22+/m1/s1. The summed E-state index contributed by atoms with van der Waals surface area (Å²) in [7, 11) is 0. The normalized spacial score (nSPS) is 25.4. The molecule has 1 aliphatic heterocycles. The minimum Gasteiger partial charge on any atom is -0.389 e. The van der Waals surface area contributed by atoms with E-state index >= 15 is 0 Å². The second-order valence-corrected chi connectivity index (χ2v) is 8.20. The fourth-order valence-corrected chi connectivity index (χ4v) is 4.88. The Hall–Kier alpha value is -2.14. The lowest BCUT2D eigenvalue weighted by Crippen LogP contribution is -2.54. The van der Waals surface area contributed by atoms with Gasteiger partial charge in [-0.3, -0.25) is 9.59 Å². The van der Waals surface area contributed by atoms with Gasteiger partial charge in [0.15, 0.2) is 5.78 Å². The summed E-state index contributed by atoms with van der Waals surface area (Å²) in [6.07, 6.45) is 7.13. The Balaban J connectivity index is 1.44. The van der Waals surface area contributed by atoms with Gasteiger partial charge in [-0.1, -0.05) is 31.0 Å². The van der Waals surface area contributed by atoms with E-state index in [1.165, 1.54) is 0 Å². The second-order valence-electron chi connectivity index (χ2n) is 8.20. The highest BCUT2D eigenvalue weighted by molar-refractivity contribution is 6.06. The van der Waals surface area contributed by atoms with Crippen LogP contribution in [-0.2, 0) is 11.3 Å². The molecule has 0 spiro atoms. The molecule has 0 radical (unpaired) electrons. The monoisotopic (exact) mass is 368 g/mol. The quantitative estimate of drug-likeness (QED) is 0.842. The zero-order chi connectivity index (χ0) is 19.0. The third-order valence-corrected chi connectivity index (χ3v) is 6.51. The van der Waals surface area contributed by atoms with Gasteiger partial charge in [0.25, 0.3) is 0 Å². The summed E-state index contributed by atoms with van der Waals surface area (Å²) < 4.78 is 2.02. The van der Waals surface area contributed by atoms with E-state index in [4.69, 9.17) is 0 Å². The fourth-order valence-electron chi connectivity index (χ4n) is 4.88. The molecule has 2 heterocycles.